The molecule has 3 aromatic carbocycles. The Kier molecular flexibility index (Phi) is 2.61. The van der Waals surface area contributed by atoms with Crippen LogP contribution in [-0.4, -0.2) is 4.98 Å². The summed E-state index contributed by atoms with van der Waals surface area (Å²) in [5.41, 5.74) is 9.98. The van der Waals surface area contributed by atoms with Crippen molar-refractivity contribution in [1.29, 1.82) is 0 Å². The van der Waals surface area contributed by atoms with Gasteiger partial charge in [-0.05, 0) is 23.6 Å². The first kappa shape index (κ1) is 11.9. The molecule has 0 saturated heterocycles. The summed E-state index contributed by atoms with van der Waals surface area (Å²) in [5.74, 6) is 0. The van der Waals surface area contributed by atoms with Crippen LogP contribution in [-0.2, 0) is 0 Å². The van der Waals surface area contributed by atoms with E-state index in [2.05, 4.69) is 36.4 Å². The summed E-state index contributed by atoms with van der Waals surface area (Å²) in [6.07, 6.45) is 0. The zero-order valence-corrected chi connectivity index (χ0v) is 11.5. The lowest BCUT2D eigenvalue weighted by Gasteiger charge is -2.09. The Morgan fingerprint density at radius 2 is 1.43 bits per heavy atom. The van der Waals surface area contributed by atoms with Crippen LogP contribution in [0.25, 0.3) is 32.9 Å². The number of hydrogen-bond acceptors (Lipinski definition) is 2. The summed E-state index contributed by atoms with van der Waals surface area (Å²) in [6.45, 7) is 0. The molecule has 0 spiro atoms. The van der Waals surface area contributed by atoms with Gasteiger partial charge in [-0.2, -0.15) is 0 Å². The van der Waals surface area contributed by atoms with E-state index >= 15 is 0 Å². The van der Waals surface area contributed by atoms with E-state index in [1.807, 2.05) is 36.4 Å². The molecular weight excluding hydrogens is 256 g/mol. The van der Waals surface area contributed by atoms with Crippen molar-refractivity contribution in [3.05, 3.63) is 72.8 Å². The van der Waals surface area contributed by atoms with Crippen LogP contribution in [0.5, 0.6) is 0 Å². The van der Waals surface area contributed by atoms with Crippen molar-refractivity contribution in [2.75, 3.05) is 5.73 Å². The van der Waals surface area contributed by atoms with Gasteiger partial charge in [-0.25, -0.2) is 4.98 Å². The molecule has 0 atom stereocenters. The molecule has 0 unspecified atom stereocenters. The first-order chi connectivity index (χ1) is 10.3. The fraction of sp³-hybridized carbons (Fsp3) is 0. The van der Waals surface area contributed by atoms with Crippen LogP contribution in [0.4, 0.5) is 5.69 Å². The quantitative estimate of drug-likeness (QED) is 0.512. The average Bonchev–Trinajstić information content (AvgIpc) is 2.55. The van der Waals surface area contributed by atoms with Gasteiger partial charge in [0.05, 0.1) is 11.2 Å². The molecule has 4 rings (SSSR count). The summed E-state index contributed by atoms with van der Waals surface area (Å²) in [4.78, 5) is 4.78. The SMILES string of the molecule is Nc1ccc(-c2ccc3ccccc3n2)c2ccccc12. The molecule has 4 aromatic rings. The smallest absolute Gasteiger partial charge is 0.0715 e. The fourth-order valence-electron chi connectivity index (χ4n) is 2.76. The minimum atomic E-state index is 0.801. The predicted octanol–water partition coefficient (Wildman–Crippen LogP) is 4.64. The minimum absolute atomic E-state index is 0.801. The van der Waals surface area contributed by atoms with Crippen LogP contribution < -0.4 is 5.73 Å². The lowest BCUT2D eigenvalue weighted by atomic mass is 10.00. The minimum Gasteiger partial charge on any atom is -0.398 e. The summed E-state index contributed by atoms with van der Waals surface area (Å²) >= 11 is 0. The maximum atomic E-state index is 6.07. The standard InChI is InChI=1S/C19H14N2/c20-17-11-10-16(14-6-2-3-7-15(14)17)19-12-9-13-5-1-4-8-18(13)21-19/h1-12H,20H2. The molecule has 0 fully saturated rings. The van der Waals surface area contributed by atoms with E-state index < -0.39 is 0 Å². The van der Waals surface area contributed by atoms with Crippen LogP contribution in [0, 0.1) is 0 Å². The van der Waals surface area contributed by atoms with Gasteiger partial charge in [0.25, 0.3) is 0 Å². The van der Waals surface area contributed by atoms with Crippen molar-refractivity contribution in [2.24, 2.45) is 0 Å². The molecule has 2 N–H and O–H groups in total. The average molecular weight is 270 g/mol. The molecule has 100 valence electrons. The highest BCUT2D eigenvalue weighted by atomic mass is 14.7. The Labute approximate surface area is 122 Å². The Hall–Kier alpha value is -2.87. The number of hydrogen-bond donors (Lipinski definition) is 1. The van der Waals surface area contributed by atoms with Gasteiger partial charge in [0.15, 0.2) is 0 Å². The van der Waals surface area contributed by atoms with Crippen molar-refractivity contribution < 1.29 is 0 Å². The molecule has 0 aliphatic rings. The fourth-order valence-corrected chi connectivity index (χ4v) is 2.76. The van der Waals surface area contributed by atoms with Crippen LogP contribution in [0.15, 0.2) is 72.8 Å². The number of aromatic nitrogens is 1. The lowest BCUT2D eigenvalue weighted by Crippen LogP contribution is -1.91. The second kappa shape index (κ2) is 4.60. The van der Waals surface area contributed by atoms with Crippen LogP contribution >= 0.6 is 0 Å². The molecule has 0 bridgehead atoms. The molecule has 0 aliphatic heterocycles. The number of nitrogen functional groups attached to an aromatic ring is 1. The maximum Gasteiger partial charge on any atom is 0.0715 e. The number of nitrogens with two attached hydrogens (primary N) is 1. The van der Waals surface area contributed by atoms with Gasteiger partial charge >= 0.3 is 0 Å². The number of nitrogens with zero attached hydrogens (tertiary/aromatic N) is 1. The third-order valence-corrected chi connectivity index (χ3v) is 3.83. The second-order valence-electron chi connectivity index (χ2n) is 5.14. The molecule has 0 amide bonds. The van der Waals surface area contributed by atoms with E-state index in [1.54, 1.807) is 0 Å². The number of anilines is 1. The lowest BCUT2D eigenvalue weighted by molar-refractivity contribution is 1.41. The number of pyridine rings is 1. The Morgan fingerprint density at radius 1 is 0.667 bits per heavy atom. The highest BCUT2D eigenvalue weighted by Gasteiger charge is 2.07. The second-order valence-corrected chi connectivity index (χ2v) is 5.14. The van der Waals surface area contributed by atoms with Crippen LogP contribution in [0.3, 0.4) is 0 Å². The highest BCUT2D eigenvalue weighted by Crippen LogP contribution is 2.31. The Bertz CT molecular complexity index is 958. The molecule has 21 heavy (non-hydrogen) atoms. The van der Waals surface area contributed by atoms with E-state index in [1.165, 1.54) is 0 Å². The Morgan fingerprint density at radius 3 is 2.33 bits per heavy atom. The molecular formula is C19H14N2. The topological polar surface area (TPSA) is 38.9 Å². The van der Waals surface area contributed by atoms with Gasteiger partial charge < -0.3 is 5.73 Å². The van der Waals surface area contributed by atoms with Crippen LogP contribution in [0.2, 0.25) is 0 Å². The van der Waals surface area contributed by atoms with Crippen molar-refractivity contribution >= 4 is 27.4 Å². The molecule has 2 nitrogen and oxygen atoms in total. The van der Waals surface area contributed by atoms with Gasteiger partial charge in [0.1, 0.15) is 0 Å². The third kappa shape index (κ3) is 1.93. The first-order valence-corrected chi connectivity index (χ1v) is 6.96. The van der Waals surface area contributed by atoms with Crippen LogP contribution in [0.1, 0.15) is 0 Å². The third-order valence-electron chi connectivity index (χ3n) is 3.83. The molecule has 1 aromatic heterocycles. The van der Waals surface area contributed by atoms with E-state index in [9.17, 15) is 0 Å². The van der Waals surface area contributed by atoms with Crippen molar-refractivity contribution in [2.45, 2.75) is 0 Å². The first-order valence-electron chi connectivity index (χ1n) is 6.96. The molecule has 2 heteroatoms. The van der Waals surface area contributed by atoms with Gasteiger partial charge in [-0.3, -0.25) is 0 Å². The number of para-hydroxylation sites is 1. The summed E-state index contributed by atoms with van der Waals surface area (Å²) in [5, 5.41) is 3.37. The number of rotatable bonds is 1. The molecule has 0 aliphatic carbocycles. The summed E-state index contributed by atoms with van der Waals surface area (Å²) < 4.78 is 0. The Balaban J connectivity index is 2.02. The zero-order chi connectivity index (χ0) is 14.2. The number of fused-ring (bicyclic) bond motifs is 2. The maximum absolute atomic E-state index is 6.07. The van der Waals surface area contributed by atoms with E-state index in [4.69, 9.17) is 10.7 Å². The van der Waals surface area contributed by atoms with Crippen molar-refractivity contribution in [3.63, 3.8) is 0 Å². The highest BCUT2D eigenvalue weighted by molar-refractivity contribution is 6.02. The molecule has 1 heterocycles. The van der Waals surface area contributed by atoms with Gasteiger partial charge in [-0.1, -0.05) is 54.6 Å². The summed E-state index contributed by atoms with van der Waals surface area (Å²) in [7, 11) is 0. The van der Waals surface area contributed by atoms with Crippen molar-refractivity contribution in [1.82, 2.24) is 4.98 Å². The van der Waals surface area contributed by atoms with Crippen molar-refractivity contribution in [3.8, 4) is 11.3 Å². The largest absolute Gasteiger partial charge is 0.398 e. The monoisotopic (exact) mass is 270 g/mol. The van der Waals surface area contributed by atoms with E-state index in [0.29, 0.717) is 0 Å². The molecule has 0 saturated carbocycles. The van der Waals surface area contributed by atoms with Gasteiger partial charge in [0.2, 0.25) is 0 Å². The van der Waals surface area contributed by atoms with Gasteiger partial charge in [-0.15, -0.1) is 0 Å². The molecule has 0 radical (unpaired) electrons. The normalized spacial score (nSPS) is 11.0. The van der Waals surface area contributed by atoms with E-state index in [0.717, 1.165) is 38.6 Å². The van der Waals surface area contributed by atoms with Gasteiger partial charge in [0, 0.05) is 22.0 Å². The number of benzene rings is 3. The predicted molar refractivity (Wildman–Crippen MR) is 89.1 cm³/mol. The van der Waals surface area contributed by atoms with E-state index in [-0.39, 0.29) is 0 Å². The summed E-state index contributed by atoms with van der Waals surface area (Å²) in [6, 6.07) is 24.5. The zero-order valence-electron chi connectivity index (χ0n) is 11.5.